The van der Waals surface area contributed by atoms with Crippen LogP contribution in [0.15, 0.2) is 84.5 Å². The number of hydrogen-bond donors (Lipinski definition) is 0. The first-order chi connectivity index (χ1) is 16.5. The van der Waals surface area contributed by atoms with Gasteiger partial charge in [0.05, 0.1) is 0 Å². The van der Waals surface area contributed by atoms with Crippen LogP contribution in [0.3, 0.4) is 0 Å². The summed E-state index contributed by atoms with van der Waals surface area (Å²) in [6, 6.07) is 20.2. The topological polar surface area (TPSA) is 0 Å². The standard InChI is InChI=1S/C31H29F3/c1-3-5-22-7-12-24(13-8-22)27-18-19-28(31(34)30(27)33)25-14-9-23(10-15-25)11-17-26-16-6-21(4-2)20-29(26)32/h6-18,20,28H,3-5,19H2,1-2H3/b17-11+. The highest BCUT2D eigenvalue weighted by Crippen LogP contribution is 2.42. The van der Waals surface area contributed by atoms with Crippen molar-refractivity contribution in [3.8, 4) is 0 Å². The Hall–Kier alpha value is -3.33. The second-order valence-electron chi connectivity index (χ2n) is 8.72. The fourth-order valence-electron chi connectivity index (χ4n) is 4.33. The molecule has 0 spiro atoms. The number of hydrogen-bond acceptors (Lipinski definition) is 0. The molecule has 1 unspecified atom stereocenters. The maximum absolute atomic E-state index is 15.0. The van der Waals surface area contributed by atoms with Crippen molar-refractivity contribution in [1.82, 2.24) is 0 Å². The Morgan fingerprint density at radius 3 is 2.18 bits per heavy atom. The summed E-state index contributed by atoms with van der Waals surface area (Å²) in [7, 11) is 0. The molecule has 0 radical (unpaired) electrons. The molecule has 0 nitrogen and oxygen atoms in total. The van der Waals surface area contributed by atoms with E-state index in [0.717, 1.165) is 36.0 Å². The average Bonchev–Trinajstić information content (AvgIpc) is 2.86. The van der Waals surface area contributed by atoms with Crippen LogP contribution in [0.25, 0.3) is 17.7 Å². The number of rotatable bonds is 7. The molecule has 3 heteroatoms. The summed E-state index contributed by atoms with van der Waals surface area (Å²) in [6.45, 7) is 4.10. The molecule has 0 heterocycles. The maximum Gasteiger partial charge on any atom is 0.162 e. The monoisotopic (exact) mass is 458 g/mol. The summed E-state index contributed by atoms with van der Waals surface area (Å²) in [5.74, 6) is -2.40. The van der Waals surface area contributed by atoms with Gasteiger partial charge in [0.2, 0.25) is 0 Å². The van der Waals surface area contributed by atoms with E-state index in [-0.39, 0.29) is 5.82 Å². The lowest BCUT2D eigenvalue weighted by Crippen LogP contribution is -2.06. The van der Waals surface area contributed by atoms with E-state index in [2.05, 4.69) is 6.92 Å². The van der Waals surface area contributed by atoms with Gasteiger partial charge in [-0.15, -0.1) is 0 Å². The average molecular weight is 459 g/mol. The number of aryl methyl sites for hydroxylation is 2. The van der Waals surface area contributed by atoms with Crippen LogP contribution in [0.5, 0.6) is 0 Å². The van der Waals surface area contributed by atoms with Crippen LogP contribution in [0.4, 0.5) is 13.2 Å². The Morgan fingerprint density at radius 2 is 1.53 bits per heavy atom. The first-order valence-electron chi connectivity index (χ1n) is 11.9. The van der Waals surface area contributed by atoms with Gasteiger partial charge in [0.25, 0.3) is 0 Å². The molecule has 0 aliphatic heterocycles. The van der Waals surface area contributed by atoms with Gasteiger partial charge in [-0.2, -0.15) is 0 Å². The van der Waals surface area contributed by atoms with Gasteiger partial charge in [0, 0.05) is 17.1 Å². The zero-order valence-electron chi connectivity index (χ0n) is 19.6. The van der Waals surface area contributed by atoms with Gasteiger partial charge < -0.3 is 0 Å². The molecule has 4 rings (SSSR count). The summed E-state index contributed by atoms with van der Waals surface area (Å²) in [6.07, 6.45) is 8.54. The van der Waals surface area contributed by atoms with Crippen LogP contribution < -0.4 is 0 Å². The summed E-state index contributed by atoms with van der Waals surface area (Å²) >= 11 is 0. The van der Waals surface area contributed by atoms with Crippen molar-refractivity contribution < 1.29 is 13.2 Å². The predicted octanol–water partition coefficient (Wildman–Crippen LogP) is 9.23. The predicted molar refractivity (Wildman–Crippen MR) is 136 cm³/mol. The van der Waals surface area contributed by atoms with Gasteiger partial charge in [0.1, 0.15) is 11.6 Å². The van der Waals surface area contributed by atoms with E-state index in [4.69, 9.17) is 0 Å². The van der Waals surface area contributed by atoms with E-state index in [0.29, 0.717) is 23.1 Å². The van der Waals surface area contributed by atoms with E-state index in [1.807, 2.05) is 67.6 Å². The Labute approximate surface area is 200 Å². The van der Waals surface area contributed by atoms with Crippen LogP contribution in [0.1, 0.15) is 66.0 Å². The highest BCUT2D eigenvalue weighted by molar-refractivity contribution is 5.79. The summed E-state index contributed by atoms with van der Waals surface area (Å²) in [4.78, 5) is 0. The third-order valence-corrected chi connectivity index (χ3v) is 6.38. The van der Waals surface area contributed by atoms with Crippen molar-refractivity contribution in [3.63, 3.8) is 0 Å². The van der Waals surface area contributed by atoms with Crippen LogP contribution >= 0.6 is 0 Å². The molecule has 0 fully saturated rings. The quantitative estimate of drug-likeness (QED) is 0.310. The maximum atomic E-state index is 15.0. The third-order valence-electron chi connectivity index (χ3n) is 6.38. The van der Waals surface area contributed by atoms with Crippen LogP contribution in [0.2, 0.25) is 0 Å². The summed E-state index contributed by atoms with van der Waals surface area (Å²) < 4.78 is 44.2. The normalized spacial score (nSPS) is 16.3. The highest BCUT2D eigenvalue weighted by Gasteiger charge is 2.27. The molecule has 0 bridgehead atoms. The lowest BCUT2D eigenvalue weighted by Gasteiger charge is -2.21. The van der Waals surface area contributed by atoms with Crippen molar-refractivity contribution in [1.29, 1.82) is 0 Å². The Kier molecular flexibility index (Phi) is 7.52. The molecule has 1 aliphatic rings. The highest BCUT2D eigenvalue weighted by atomic mass is 19.2. The first kappa shape index (κ1) is 23.8. The fourth-order valence-corrected chi connectivity index (χ4v) is 4.33. The Bertz CT molecular complexity index is 1230. The zero-order valence-corrected chi connectivity index (χ0v) is 19.6. The molecule has 0 amide bonds. The van der Waals surface area contributed by atoms with Gasteiger partial charge in [-0.1, -0.05) is 99.2 Å². The van der Waals surface area contributed by atoms with Gasteiger partial charge >= 0.3 is 0 Å². The zero-order chi connectivity index (χ0) is 24.1. The minimum absolute atomic E-state index is 0.250. The van der Waals surface area contributed by atoms with Crippen molar-refractivity contribution in [3.05, 3.63) is 124 Å². The van der Waals surface area contributed by atoms with E-state index in [1.54, 1.807) is 24.3 Å². The van der Waals surface area contributed by atoms with E-state index >= 15 is 4.39 Å². The van der Waals surface area contributed by atoms with Crippen molar-refractivity contribution >= 4 is 17.7 Å². The Morgan fingerprint density at radius 1 is 0.824 bits per heavy atom. The summed E-state index contributed by atoms with van der Waals surface area (Å²) in [5, 5.41) is 0. The third kappa shape index (κ3) is 5.25. The minimum Gasteiger partial charge on any atom is -0.208 e. The van der Waals surface area contributed by atoms with E-state index < -0.39 is 17.6 Å². The molecule has 0 saturated carbocycles. The van der Waals surface area contributed by atoms with E-state index in [9.17, 15) is 8.78 Å². The lowest BCUT2D eigenvalue weighted by molar-refractivity contribution is 0.487. The molecule has 0 N–H and O–H groups in total. The van der Waals surface area contributed by atoms with Crippen LogP contribution in [0, 0.1) is 5.82 Å². The molecule has 3 aromatic rings. The molecule has 0 aromatic heterocycles. The summed E-state index contributed by atoms with van der Waals surface area (Å²) in [5.41, 5.74) is 5.28. The second kappa shape index (κ2) is 10.7. The van der Waals surface area contributed by atoms with Crippen molar-refractivity contribution in [2.45, 2.75) is 45.4 Å². The molecule has 1 atom stereocenters. The number of allylic oxidation sites excluding steroid dienone is 4. The van der Waals surface area contributed by atoms with Crippen LogP contribution in [-0.2, 0) is 12.8 Å². The smallest absolute Gasteiger partial charge is 0.162 e. The largest absolute Gasteiger partial charge is 0.208 e. The van der Waals surface area contributed by atoms with Gasteiger partial charge in [-0.05, 0) is 53.1 Å². The lowest BCUT2D eigenvalue weighted by atomic mass is 9.86. The van der Waals surface area contributed by atoms with Crippen molar-refractivity contribution in [2.75, 3.05) is 0 Å². The molecule has 1 aliphatic carbocycles. The molecule has 3 aromatic carbocycles. The molecule has 174 valence electrons. The number of benzene rings is 3. The first-order valence-corrected chi connectivity index (χ1v) is 11.9. The molecule has 34 heavy (non-hydrogen) atoms. The molecular formula is C31H29F3. The van der Waals surface area contributed by atoms with Gasteiger partial charge in [-0.3, -0.25) is 0 Å². The van der Waals surface area contributed by atoms with E-state index in [1.165, 1.54) is 5.56 Å². The van der Waals surface area contributed by atoms with Gasteiger partial charge in [-0.25, -0.2) is 13.2 Å². The van der Waals surface area contributed by atoms with Gasteiger partial charge in [0.15, 0.2) is 5.83 Å². The van der Waals surface area contributed by atoms with Crippen LogP contribution in [-0.4, -0.2) is 0 Å². The molecule has 0 saturated heterocycles. The Balaban J connectivity index is 1.48. The molecular weight excluding hydrogens is 429 g/mol. The number of halogens is 3. The van der Waals surface area contributed by atoms with Crippen molar-refractivity contribution in [2.24, 2.45) is 0 Å². The second-order valence-corrected chi connectivity index (χ2v) is 8.72. The fraction of sp³-hybridized carbons (Fsp3) is 0.226. The minimum atomic E-state index is -0.783. The SMILES string of the molecule is CCCc1ccc(C2=CCC(c3ccc(/C=C/c4ccc(CC)cc4F)cc3)C(F)=C2F)cc1.